The third-order valence-corrected chi connectivity index (χ3v) is 2.51. The highest BCUT2D eigenvalue weighted by Crippen LogP contribution is 2.32. The molecule has 0 atom stereocenters. The minimum atomic E-state index is -4.48. The minimum absolute atomic E-state index is 0.0187. The van der Waals surface area contributed by atoms with E-state index in [1.807, 2.05) is 0 Å². The fourth-order valence-electron chi connectivity index (χ4n) is 1.60. The van der Waals surface area contributed by atoms with E-state index in [1.165, 1.54) is 31.3 Å². The number of aromatic nitrogens is 1. The molecule has 1 aromatic heterocycles. The number of benzene rings is 1. The van der Waals surface area contributed by atoms with Crippen molar-refractivity contribution in [2.75, 3.05) is 17.7 Å². The van der Waals surface area contributed by atoms with Crippen molar-refractivity contribution < 1.29 is 17.6 Å². The molecule has 7 heteroatoms. The molecule has 20 heavy (non-hydrogen) atoms. The van der Waals surface area contributed by atoms with E-state index in [9.17, 15) is 17.6 Å². The lowest BCUT2D eigenvalue weighted by molar-refractivity contribution is -0.137. The lowest BCUT2D eigenvalue weighted by Crippen LogP contribution is -2.08. The predicted octanol–water partition coefficient (Wildman–Crippen LogP) is 4.02. The highest BCUT2D eigenvalue weighted by molar-refractivity contribution is 5.59. The number of nitrogens with zero attached hydrogens (tertiary/aromatic N) is 1. The summed E-state index contributed by atoms with van der Waals surface area (Å²) in [5, 5.41) is 5.19. The van der Waals surface area contributed by atoms with Gasteiger partial charge in [-0.05, 0) is 30.3 Å². The molecule has 0 aliphatic heterocycles. The van der Waals surface area contributed by atoms with Gasteiger partial charge < -0.3 is 10.6 Å². The van der Waals surface area contributed by atoms with Gasteiger partial charge in [0.2, 0.25) is 0 Å². The summed E-state index contributed by atoms with van der Waals surface area (Å²) in [5.41, 5.74) is -0.519. The molecule has 2 aromatic rings. The van der Waals surface area contributed by atoms with Gasteiger partial charge in [0, 0.05) is 12.7 Å². The monoisotopic (exact) mass is 285 g/mol. The molecule has 1 heterocycles. The second-order valence-corrected chi connectivity index (χ2v) is 4.01. The van der Waals surface area contributed by atoms with Crippen molar-refractivity contribution in [2.45, 2.75) is 6.18 Å². The third-order valence-electron chi connectivity index (χ3n) is 2.51. The highest BCUT2D eigenvalue weighted by Gasteiger charge is 2.31. The van der Waals surface area contributed by atoms with Crippen LogP contribution in [-0.2, 0) is 6.18 Å². The van der Waals surface area contributed by atoms with E-state index in [1.54, 1.807) is 0 Å². The summed E-state index contributed by atoms with van der Waals surface area (Å²) in [6, 6.07) is 7.15. The van der Waals surface area contributed by atoms with Gasteiger partial charge in [0.1, 0.15) is 17.5 Å². The van der Waals surface area contributed by atoms with Crippen LogP contribution in [0.3, 0.4) is 0 Å². The number of alkyl halides is 3. The summed E-state index contributed by atoms with van der Waals surface area (Å²) in [6.07, 6.45) is -4.48. The second-order valence-electron chi connectivity index (χ2n) is 4.01. The predicted molar refractivity (Wildman–Crippen MR) is 68.5 cm³/mol. The van der Waals surface area contributed by atoms with Crippen LogP contribution in [0.2, 0.25) is 0 Å². The summed E-state index contributed by atoms with van der Waals surface area (Å²) in [7, 11) is 1.47. The molecule has 0 amide bonds. The highest BCUT2D eigenvalue weighted by atomic mass is 19.4. The van der Waals surface area contributed by atoms with E-state index in [-0.39, 0.29) is 11.6 Å². The molecular weight excluding hydrogens is 274 g/mol. The fourth-order valence-corrected chi connectivity index (χ4v) is 1.60. The van der Waals surface area contributed by atoms with Crippen LogP contribution in [-0.4, -0.2) is 12.0 Å². The maximum absolute atomic E-state index is 13.0. The Balaban J connectivity index is 2.36. The molecule has 3 nitrogen and oxygen atoms in total. The van der Waals surface area contributed by atoms with Gasteiger partial charge in [-0.2, -0.15) is 13.2 Å². The van der Waals surface area contributed by atoms with Crippen LogP contribution in [0, 0.1) is 5.82 Å². The minimum Gasteiger partial charge on any atom is -0.373 e. The lowest BCUT2D eigenvalue weighted by Gasteiger charge is -2.12. The van der Waals surface area contributed by atoms with Crippen molar-refractivity contribution >= 4 is 17.3 Å². The molecule has 0 aliphatic rings. The first-order valence-electron chi connectivity index (χ1n) is 5.68. The molecule has 0 spiro atoms. The first-order valence-corrected chi connectivity index (χ1v) is 5.68. The second kappa shape index (κ2) is 5.36. The molecular formula is C13H11F4N3. The maximum atomic E-state index is 13.0. The van der Waals surface area contributed by atoms with Gasteiger partial charge >= 0.3 is 6.18 Å². The zero-order valence-corrected chi connectivity index (χ0v) is 10.4. The zero-order valence-electron chi connectivity index (χ0n) is 10.4. The number of pyridine rings is 1. The van der Waals surface area contributed by atoms with Gasteiger partial charge in [-0.15, -0.1) is 0 Å². The van der Waals surface area contributed by atoms with Crippen molar-refractivity contribution in [2.24, 2.45) is 0 Å². The van der Waals surface area contributed by atoms with E-state index in [4.69, 9.17) is 0 Å². The molecule has 1 aromatic carbocycles. The molecule has 2 N–H and O–H groups in total. The molecule has 0 radical (unpaired) electrons. The van der Waals surface area contributed by atoms with Crippen molar-refractivity contribution in [3.63, 3.8) is 0 Å². The number of anilines is 3. The number of halogens is 4. The van der Waals surface area contributed by atoms with Crippen LogP contribution in [0.4, 0.5) is 34.9 Å². The van der Waals surface area contributed by atoms with Gasteiger partial charge in [-0.25, -0.2) is 9.37 Å². The molecule has 0 unspecified atom stereocenters. The SMILES string of the molecule is CNc1cc(C(F)(F)F)cc(Nc2cccc(F)c2)n1. The van der Waals surface area contributed by atoms with Crippen LogP contribution in [0.15, 0.2) is 36.4 Å². The van der Waals surface area contributed by atoms with Crippen molar-refractivity contribution in [1.29, 1.82) is 0 Å². The van der Waals surface area contributed by atoms with Crippen LogP contribution >= 0.6 is 0 Å². The maximum Gasteiger partial charge on any atom is 0.416 e. The Hall–Kier alpha value is -2.31. The zero-order chi connectivity index (χ0) is 14.8. The summed E-state index contributed by atoms with van der Waals surface area (Å²) < 4.78 is 51.3. The largest absolute Gasteiger partial charge is 0.416 e. The van der Waals surface area contributed by atoms with E-state index in [2.05, 4.69) is 15.6 Å². The van der Waals surface area contributed by atoms with Crippen LogP contribution in [0.25, 0.3) is 0 Å². The molecule has 2 rings (SSSR count). The smallest absolute Gasteiger partial charge is 0.373 e. The summed E-state index contributed by atoms with van der Waals surface area (Å²) in [5.74, 6) is -0.440. The van der Waals surface area contributed by atoms with Crippen LogP contribution < -0.4 is 10.6 Å². The Morgan fingerprint density at radius 2 is 1.75 bits per heavy atom. The molecule has 0 fully saturated rings. The normalized spacial score (nSPS) is 11.2. The molecule has 0 saturated heterocycles. The summed E-state index contributed by atoms with van der Waals surface area (Å²) in [4.78, 5) is 3.95. The Morgan fingerprint density at radius 1 is 1.05 bits per heavy atom. The summed E-state index contributed by atoms with van der Waals surface area (Å²) in [6.45, 7) is 0. The number of hydrogen-bond acceptors (Lipinski definition) is 3. The van der Waals surface area contributed by atoms with E-state index in [0.29, 0.717) is 5.69 Å². The molecule has 0 saturated carbocycles. The van der Waals surface area contributed by atoms with Gasteiger partial charge in [-0.1, -0.05) is 6.07 Å². The van der Waals surface area contributed by atoms with Crippen LogP contribution in [0.1, 0.15) is 5.56 Å². The Kier molecular flexibility index (Phi) is 3.78. The number of hydrogen-bond donors (Lipinski definition) is 2. The Labute approximate surface area is 112 Å². The summed E-state index contributed by atoms with van der Waals surface area (Å²) >= 11 is 0. The standard InChI is InChI=1S/C13H11F4N3/c1-18-11-5-8(13(15,16)17)6-12(20-11)19-10-4-2-3-9(14)7-10/h2-7H,1H3,(H2,18,19,20). The molecule has 106 valence electrons. The number of nitrogens with one attached hydrogen (secondary N) is 2. The topological polar surface area (TPSA) is 37.0 Å². The lowest BCUT2D eigenvalue weighted by atomic mass is 10.2. The van der Waals surface area contributed by atoms with E-state index in [0.717, 1.165) is 12.1 Å². The van der Waals surface area contributed by atoms with Crippen molar-refractivity contribution in [1.82, 2.24) is 4.98 Å². The van der Waals surface area contributed by atoms with Gasteiger partial charge in [0.15, 0.2) is 0 Å². The quantitative estimate of drug-likeness (QED) is 0.836. The Morgan fingerprint density at radius 3 is 2.35 bits per heavy atom. The number of rotatable bonds is 3. The first-order chi connectivity index (χ1) is 9.38. The van der Waals surface area contributed by atoms with Crippen molar-refractivity contribution in [3.8, 4) is 0 Å². The molecule has 0 aliphatic carbocycles. The van der Waals surface area contributed by atoms with E-state index < -0.39 is 17.6 Å². The van der Waals surface area contributed by atoms with Gasteiger partial charge in [0.25, 0.3) is 0 Å². The van der Waals surface area contributed by atoms with Crippen molar-refractivity contribution in [3.05, 3.63) is 47.8 Å². The molecule has 0 bridgehead atoms. The van der Waals surface area contributed by atoms with E-state index >= 15 is 0 Å². The average molecular weight is 285 g/mol. The van der Waals surface area contributed by atoms with Gasteiger partial charge in [0.05, 0.1) is 5.56 Å². The third kappa shape index (κ3) is 3.37. The fraction of sp³-hybridized carbons (Fsp3) is 0.154. The first kappa shape index (κ1) is 14.1. The van der Waals surface area contributed by atoms with Gasteiger partial charge in [-0.3, -0.25) is 0 Å². The average Bonchev–Trinajstić information content (AvgIpc) is 2.37. The van der Waals surface area contributed by atoms with Crippen LogP contribution in [0.5, 0.6) is 0 Å². The Bertz CT molecular complexity index is 611.